The molecule has 3 N–H and O–H groups in total. The molecule has 0 aliphatic carbocycles. The third kappa shape index (κ3) is 6.04. The predicted octanol–water partition coefficient (Wildman–Crippen LogP) is 6.28. The Bertz CT molecular complexity index is 1330. The van der Waals surface area contributed by atoms with Crippen molar-refractivity contribution in [2.75, 3.05) is 23.7 Å². The first-order valence-corrected chi connectivity index (χ1v) is 13.1. The van der Waals surface area contributed by atoms with Crippen LogP contribution in [0, 0.1) is 0 Å². The largest absolute Gasteiger partial charge is 0.481 e. The number of aliphatic carboxylic acids is 1. The zero-order valence-corrected chi connectivity index (χ0v) is 21.4. The van der Waals surface area contributed by atoms with Crippen LogP contribution in [0.3, 0.4) is 0 Å². The van der Waals surface area contributed by atoms with Gasteiger partial charge in [-0.05, 0) is 73.3 Å². The number of nitrogens with one attached hydrogen (secondary N) is 2. The number of carbonyl (C=O) groups is 2. The van der Waals surface area contributed by atoms with Gasteiger partial charge < -0.3 is 15.7 Å². The summed E-state index contributed by atoms with van der Waals surface area (Å²) in [6, 6.07) is 21.5. The highest BCUT2D eigenvalue weighted by atomic mass is 35.5. The van der Waals surface area contributed by atoms with Gasteiger partial charge in [0, 0.05) is 29.2 Å². The van der Waals surface area contributed by atoms with Crippen LogP contribution in [-0.2, 0) is 22.6 Å². The molecular formula is C30H30ClN3O3. The molecule has 1 fully saturated rings. The van der Waals surface area contributed by atoms with Crippen LogP contribution in [0.25, 0.3) is 11.3 Å². The number of aryl methyl sites for hydroxylation is 1. The summed E-state index contributed by atoms with van der Waals surface area (Å²) in [5, 5.41) is 16.0. The molecule has 2 aliphatic rings. The molecule has 2 heterocycles. The second-order valence-electron chi connectivity index (χ2n) is 9.64. The molecule has 2 aliphatic heterocycles. The SMILES string of the molecule is O=C(O)CCc1ccc(C(Nc2ccc(CN3CCCCC3)cc2)=C2C(=O)Nc3cc(Cl)ccc32)cc1. The van der Waals surface area contributed by atoms with Gasteiger partial charge >= 0.3 is 5.97 Å². The standard InChI is InChI=1S/C30H30ClN3O3/c31-23-11-14-25-26(18-23)33-30(37)28(25)29(22-9-4-20(5-10-22)8-15-27(35)36)32-24-12-6-21(7-13-24)19-34-16-2-1-3-17-34/h4-7,9-14,18,32H,1-3,8,15-17,19H2,(H,33,37)(H,35,36). The highest BCUT2D eigenvalue weighted by molar-refractivity contribution is 6.38. The van der Waals surface area contributed by atoms with Crippen molar-refractivity contribution in [3.63, 3.8) is 0 Å². The molecule has 6 nitrogen and oxygen atoms in total. The van der Waals surface area contributed by atoms with Crippen molar-refractivity contribution >= 4 is 46.1 Å². The molecule has 1 saturated heterocycles. The molecule has 0 unspecified atom stereocenters. The van der Waals surface area contributed by atoms with Crippen molar-refractivity contribution in [1.29, 1.82) is 0 Å². The topological polar surface area (TPSA) is 81.7 Å². The number of anilines is 2. The fraction of sp³-hybridized carbons (Fsp3) is 0.267. The van der Waals surface area contributed by atoms with E-state index in [1.807, 2.05) is 30.3 Å². The number of halogens is 1. The van der Waals surface area contributed by atoms with E-state index in [0.717, 1.165) is 42.0 Å². The molecule has 0 atom stereocenters. The summed E-state index contributed by atoms with van der Waals surface area (Å²) in [5.74, 6) is -1.02. The van der Waals surface area contributed by atoms with Crippen molar-refractivity contribution in [1.82, 2.24) is 4.90 Å². The summed E-state index contributed by atoms with van der Waals surface area (Å²) in [6.07, 6.45) is 4.38. The Hall–Kier alpha value is -3.61. The van der Waals surface area contributed by atoms with E-state index < -0.39 is 5.97 Å². The number of nitrogens with zero attached hydrogens (tertiary/aromatic N) is 1. The number of likely N-dealkylation sites (tertiary alicyclic amines) is 1. The Morgan fingerprint density at radius 3 is 2.35 bits per heavy atom. The Kier molecular flexibility index (Phi) is 7.58. The summed E-state index contributed by atoms with van der Waals surface area (Å²) in [6.45, 7) is 3.25. The molecular weight excluding hydrogens is 486 g/mol. The molecule has 7 heteroatoms. The highest BCUT2D eigenvalue weighted by Gasteiger charge is 2.28. The van der Waals surface area contributed by atoms with Crippen LogP contribution in [0.4, 0.5) is 11.4 Å². The zero-order valence-electron chi connectivity index (χ0n) is 20.6. The number of carboxylic acid groups (broad SMARTS) is 1. The van der Waals surface area contributed by atoms with E-state index in [1.54, 1.807) is 12.1 Å². The third-order valence-electron chi connectivity index (χ3n) is 6.92. The number of piperidine rings is 1. The first kappa shape index (κ1) is 25.1. The second kappa shape index (κ2) is 11.2. The van der Waals surface area contributed by atoms with Crippen molar-refractivity contribution in [3.05, 3.63) is 94.0 Å². The second-order valence-corrected chi connectivity index (χ2v) is 10.1. The summed E-state index contributed by atoms with van der Waals surface area (Å²) >= 11 is 6.17. The van der Waals surface area contributed by atoms with Crippen molar-refractivity contribution in [3.8, 4) is 0 Å². The number of rotatable bonds is 8. The maximum absolute atomic E-state index is 13.1. The van der Waals surface area contributed by atoms with Gasteiger partial charge in [0.25, 0.3) is 5.91 Å². The van der Waals surface area contributed by atoms with E-state index in [0.29, 0.717) is 28.4 Å². The normalized spacial score (nSPS) is 16.7. The van der Waals surface area contributed by atoms with E-state index in [1.165, 1.54) is 24.8 Å². The van der Waals surface area contributed by atoms with E-state index in [-0.39, 0.29) is 12.3 Å². The van der Waals surface area contributed by atoms with Gasteiger partial charge in [-0.15, -0.1) is 0 Å². The number of carboxylic acids is 1. The van der Waals surface area contributed by atoms with Crippen LogP contribution in [0.15, 0.2) is 66.7 Å². The highest BCUT2D eigenvalue weighted by Crippen LogP contribution is 2.39. The monoisotopic (exact) mass is 515 g/mol. The van der Waals surface area contributed by atoms with Crippen LogP contribution in [-0.4, -0.2) is 35.0 Å². The minimum absolute atomic E-state index is 0.0753. The van der Waals surface area contributed by atoms with Gasteiger partial charge in [0.05, 0.1) is 17.0 Å². The van der Waals surface area contributed by atoms with Crippen LogP contribution >= 0.6 is 11.6 Å². The molecule has 1 amide bonds. The molecule has 0 spiro atoms. The maximum Gasteiger partial charge on any atom is 0.303 e. The van der Waals surface area contributed by atoms with E-state index >= 15 is 0 Å². The van der Waals surface area contributed by atoms with Gasteiger partial charge in [0.1, 0.15) is 0 Å². The lowest BCUT2D eigenvalue weighted by molar-refractivity contribution is -0.137. The smallest absolute Gasteiger partial charge is 0.303 e. The van der Waals surface area contributed by atoms with Gasteiger partial charge in [-0.3, -0.25) is 14.5 Å². The van der Waals surface area contributed by atoms with Gasteiger partial charge in [-0.1, -0.05) is 60.5 Å². The predicted molar refractivity (Wildman–Crippen MR) is 148 cm³/mol. The summed E-state index contributed by atoms with van der Waals surface area (Å²) < 4.78 is 0. The molecule has 3 aromatic rings. The number of hydrogen-bond acceptors (Lipinski definition) is 4. The van der Waals surface area contributed by atoms with Crippen LogP contribution in [0.2, 0.25) is 5.02 Å². The summed E-state index contributed by atoms with van der Waals surface area (Å²) in [5.41, 5.74) is 6.62. The van der Waals surface area contributed by atoms with Gasteiger partial charge in [-0.2, -0.15) is 0 Å². The summed E-state index contributed by atoms with van der Waals surface area (Å²) in [4.78, 5) is 26.6. The Morgan fingerprint density at radius 1 is 0.946 bits per heavy atom. The number of hydrogen-bond donors (Lipinski definition) is 3. The Balaban J connectivity index is 1.46. The Morgan fingerprint density at radius 2 is 1.65 bits per heavy atom. The zero-order chi connectivity index (χ0) is 25.8. The quantitative estimate of drug-likeness (QED) is 0.308. The van der Waals surface area contributed by atoms with Crippen molar-refractivity contribution in [2.24, 2.45) is 0 Å². The van der Waals surface area contributed by atoms with Crippen molar-refractivity contribution in [2.45, 2.75) is 38.6 Å². The van der Waals surface area contributed by atoms with Crippen molar-refractivity contribution < 1.29 is 14.7 Å². The minimum atomic E-state index is -0.824. The van der Waals surface area contributed by atoms with Gasteiger partial charge in [-0.25, -0.2) is 0 Å². The lowest BCUT2D eigenvalue weighted by atomic mass is 9.98. The first-order chi connectivity index (χ1) is 18.0. The van der Waals surface area contributed by atoms with Crippen LogP contribution < -0.4 is 10.6 Å². The molecule has 5 rings (SSSR count). The van der Waals surface area contributed by atoms with Gasteiger partial charge in [0.2, 0.25) is 0 Å². The molecule has 37 heavy (non-hydrogen) atoms. The lowest BCUT2D eigenvalue weighted by Gasteiger charge is -2.26. The van der Waals surface area contributed by atoms with Gasteiger partial charge in [0.15, 0.2) is 0 Å². The molecule has 3 aromatic carbocycles. The van der Waals surface area contributed by atoms with E-state index in [2.05, 4.69) is 39.8 Å². The average molecular weight is 516 g/mol. The molecule has 190 valence electrons. The first-order valence-electron chi connectivity index (χ1n) is 12.7. The molecule has 0 bridgehead atoms. The number of benzene rings is 3. The minimum Gasteiger partial charge on any atom is -0.481 e. The molecule has 0 saturated carbocycles. The number of carbonyl (C=O) groups excluding carboxylic acids is 1. The Labute approximate surface area is 222 Å². The third-order valence-corrected chi connectivity index (χ3v) is 7.16. The fourth-order valence-electron chi connectivity index (χ4n) is 4.98. The number of amides is 1. The van der Waals surface area contributed by atoms with E-state index in [9.17, 15) is 9.59 Å². The average Bonchev–Trinajstić information content (AvgIpc) is 3.22. The van der Waals surface area contributed by atoms with Crippen LogP contribution in [0.1, 0.15) is 47.9 Å². The summed E-state index contributed by atoms with van der Waals surface area (Å²) in [7, 11) is 0. The molecule has 0 radical (unpaired) electrons. The number of fused-ring (bicyclic) bond motifs is 1. The van der Waals surface area contributed by atoms with E-state index in [4.69, 9.17) is 16.7 Å². The lowest BCUT2D eigenvalue weighted by Crippen LogP contribution is -2.29. The molecule has 0 aromatic heterocycles. The fourth-order valence-corrected chi connectivity index (χ4v) is 5.15. The van der Waals surface area contributed by atoms with Crippen LogP contribution in [0.5, 0.6) is 0 Å². The maximum atomic E-state index is 13.1.